The summed E-state index contributed by atoms with van der Waals surface area (Å²) in [5.74, 6) is 0.300. The molecule has 1 aliphatic rings. The first-order valence-electron chi connectivity index (χ1n) is 5.72. The van der Waals surface area contributed by atoms with Gasteiger partial charge in [0.1, 0.15) is 5.76 Å². The van der Waals surface area contributed by atoms with Crippen LogP contribution in [0.5, 0.6) is 0 Å². The van der Waals surface area contributed by atoms with Crippen molar-refractivity contribution >= 4 is 39.9 Å². The van der Waals surface area contributed by atoms with Gasteiger partial charge in [0.15, 0.2) is 0 Å². The smallest absolute Gasteiger partial charge is 0.124 e. The topological polar surface area (TPSA) is 20.2 Å². The lowest BCUT2D eigenvalue weighted by Crippen LogP contribution is -1.92. The molecule has 0 radical (unpaired) electrons. The van der Waals surface area contributed by atoms with Crippen molar-refractivity contribution in [1.82, 2.24) is 0 Å². The van der Waals surface area contributed by atoms with Gasteiger partial charge in [-0.3, -0.25) is 0 Å². The molecule has 88 valence electrons. The minimum Gasteiger partial charge on any atom is -0.507 e. The highest BCUT2D eigenvalue weighted by Gasteiger charge is 2.09. The molecule has 0 atom stereocenters. The first-order chi connectivity index (χ1) is 8.74. The van der Waals surface area contributed by atoms with E-state index in [1.807, 2.05) is 54.6 Å². The molecule has 2 aromatic rings. The zero-order valence-electron chi connectivity index (χ0n) is 9.60. The molecule has 2 heteroatoms. The number of halogens is 1. The van der Waals surface area contributed by atoms with Gasteiger partial charge in [-0.2, -0.15) is 0 Å². The molecule has 0 saturated carbocycles. The Bertz CT molecular complexity index is 669. The Kier molecular flexibility index (Phi) is 2.80. The largest absolute Gasteiger partial charge is 0.507 e. The maximum atomic E-state index is 10.2. The van der Waals surface area contributed by atoms with Crippen LogP contribution in [-0.2, 0) is 0 Å². The summed E-state index contributed by atoms with van der Waals surface area (Å²) in [6.07, 6.45) is 5.91. The predicted molar refractivity (Wildman–Crippen MR) is 80.0 cm³/mol. The van der Waals surface area contributed by atoms with Crippen LogP contribution >= 0.6 is 15.9 Å². The van der Waals surface area contributed by atoms with Crippen molar-refractivity contribution in [2.45, 2.75) is 0 Å². The van der Waals surface area contributed by atoms with E-state index in [1.54, 1.807) is 0 Å². The van der Waals surface area contributed by atoms with E-state index in [4.69, 9.17) is 0 Å². The quantitative estimate of drug-likeness (QED) is 0.726. The molecule has 0 aromatic heterocycles. The van der Waals surface area contributed by atoms with Crippen LogP contribution < -0.4 is 0 Å². The minimum atomic E-state index is 0.300. The third-order valence-electron chi connectivity index (χ3n) is 3.02. The molecule has 18 heavy (non-hydrogen) atoms. The standard InChI is InChI=1S/C16H11BrO/c17-14-7-8-15-13(9-14)6-5-11-3-1-2-4-12(11)10-16(15)18/h1-10,18H/b6-5-,11-5?,12-10?,13-6?,16-10?,16-15?. The summed E-state index contributed by atoms with van der Waals surface area (Å²) in [6.45, 7) is 0. The second kappa shape index (κ2) is 4.46. The molecule has 0 aliphatic heterocycles. The summed E-state index contributed by atoms with van der Waals surface area (Å²) in [5.41, 5.74) is 3.99. The first-order valence-corrected chi connectivity index (χ1v) is 6.51. The Labute approximate surface area is 114 Å². The highest BCUT2D eigenvalue weighted by Crippen LogP contribution is 2.28. The first kappa shape index (κ1) is 11.3. The summed E-state index contributed by atoms with van der Waals surface area (Å²) < 4.78 is 1.01. The number of hydrogen-bond donors (Lipinski definition) is 1. The minimum absolute atomic E-state index is 0.300. The fourth-order valence-corrected chi connectivity index (χ4v) is 2.48. The molecule has 0 saturated heterocycles. The lowest BCUT2D eigenvalue weighted by molar-refractivity contribution is 0.515. The van der Waals surface area contributed by atoms with E-state index in [9.17, 15) is 5.11 Å². The molecule has 0 spiro atoms. The molecule has 0 unspecified atom stereocenters. The molecular formula is C16H11BrO. The highest BCUT2D eigenvalue weighted by molar-refractivity contribution is 9.10. The summed E-state index contributed by atoms with van der Waals surface area (Å²) in [6, 6.07) is 13.9. The lowest BCUT2D eigenvalue weighted by atomic mass is 9.97. The summed E-state index contributed by atoms with van der Waals surface area (Å²) in [7, 11) is 0. The highest BCUT2D eigenvalue weighted by atomic mass is 79.9. The van der Waals surface area contributed by atoms with E-state index >= 15 is 0 Å². The van der Waals surface area contributed by atoms with Gasteiger partial charge in [-0.1, -0.05) is 52.3 Å². The summed E-state index contributed by atoms with van der Waals surface area (Å²) in [5, 5.41) is 10.2. The number of hydrogen-bond acceptors (Lipinski definition) is 1. The number of fused-ring (bicyclic) bond motifs is 2. The Morgan fingerprint density at radius 3 is 2.39 bits per heavy atom. The normalized spacial score (nSPS) is 14.8. The van der Waals surface area contributed by atoms with Crippen molar-refractivity contribution in [2.75, 3.05) is 0 Å². The van der Waals surface area contributed by atoms with Crippen LogP contribution in [0, 0.1) is 0 Å². The van der Waals surface area contributed by atoms with Crippen molar-refractivity contribution < 1.29 is 5.11 Å². The van der Waals surface area contributed by atoms with Gasteiger partial charge in [0.05, 0.1) is 0 Å². The maximum Gasteiger partial charge on any atom is 0.124 e. The van der Waals surface area contributed by atoms with E-state index in [-0.39, 0.29) is 0 Å². The van der Waals surface area contributed by atoms with Crippen LogP contribution in [-0.4, -0.2) is 5.11 Å². The van der Waals surface area contributed by atoms with Gasteiger partial charge in [-0.25, -0.2) is 0 Å². The van der Waals surface area contributed by atoms with Crippen LogP contribution in [0.3, 0.4) is 0 Å². The van der Waals surface area contributed by atoms with Crippen molar-refractivity contribution in [1.29, 1.82) is 0 Å². The van der Waals surface area contributed by atoms with Gasteiger partial charge in [-0.15, -0.1) is 0 Å². The second-order valence-corrected chi connectivity index (χ2v) is 5.14. The third-order valence-corrected chi connectivity index (χ3v) is 3.51. The van der Waals surface area contributed by atoms with Gasteiger partial charge >= 0.3 is 0 Å². The predicted octanol–water partition coefficient (Wildman–Crippen LogP) is 4.99. The molecule has 1 aliphatic carbocycles. The fraction of sp³-hybridized carbons (Fsp3) is 0. The maximum absolute atomic E-state index is 10.2. The molecule has 3 rings (SSSR count). The lowest BCUT2D eigenvalue weighted by Gasteiger charge is -2.11. The Morgan fingerprint density at radius 1 is 0.833 bits per heavy atom. The van der Waals surface area contributed by atoms with Crippen molar-refractivity contribution in [3.8, 4) is 0 Å². The Morgan fingerprint density at radius 2 is 1.56 bits per heavy atom. The van der Waals surface area contributed by atoms with Crippen LogP contribution in [0.1, 0.15) is 22.3 Å². The molecule has 0 fully saturated rings. The Hall–Kier alpha value is -1.80. The summed E-state index contributed by atoms with van der Waals surface area (Å²) >= 11 is 3.45. The second-order valence-electron chi connectivity index (χ2n) is 4.22. The average Bonchev–Trinajstić information content (AvgIpc) is 2.36. The number of benzene rings is 2. The van der Waals surface area contributed by atoms with Crippen LogP contribution in [0.2, 0.25) is 0 Å². The average molecular weight is 299 g/mol. The molecular weight excluding hydrogens is 288 g/mol. The van der Waals surface area contributed by atoms with Gasteiger partial charge in [-0.05, 0) is 41.0 Å². The monoisotopic (exact) mass is 298 g/mol. The van der Waals surface area contributed by atoms with Crippen molar-refractivity contribution in [2.24, 2.45) is 0 Å². The van der Waals surface area contributed by atoms with Crippen LogP contribution in [0.4, 0.5) is 0 Å². The molecule has 0 heterocycles. The van der Waals surface area contributed by atoms with E-state index in [2.05, 4.69) is 22.0 Å². The molecule has 2 aromatic carbocycles. The molecule has 0 bridgehead atoms. The van der Waals surface area contributed by atoms with Crippen LogP contribution in [0.15, 0.2) is 46.9 Å². The van der Waals surface area contributed by atoms with Crippen molar-refractivity contribution in [3.63, 3.8) is 0 Å². The number of aliphatic hydroxyl groups excluding tert-OH is 1. The van der Waals surface area contributed by atoms with E-state index in [0.29, 0.717) is 5.76 Å². The van der Waals surface area contributed by atoms with Crippen LogP contribution in [0.25, 0.3) is 24.0 Å². The zero-order valence-corrected chi connectivity index (χ0v) is 11.2. The fourth-order valence-electron chi connectivity index (χ4n) is 2.10. The summed E-state index contributed by atoms with van der Waals surface area (Å²) in [4.78, 5) is 0. The van der Waals surface area contributed by atoms with E-state index in [0.717, 1.165) is 26.7 Å². The molecule has 1 nitrogen and oxygen atoms in total. The number of aliphatic hydroxyl groups is 1. The zero-order chi connectivity index (χ0) is 12.5. The van der Waals surface area contributed by atoms with Gasteiger partial charge in [0.2, 0.25) is 0 Å². The van der Waals surface area contributed by atoms with Gasteiger partial charge < -0.3 is 5.11 Å². The molecule has 1 N–H and O–H groups in total. The van der Waals surface area contributed by atoms with Gasteiger partial charge in [0, 0.05) is 10.0 Å². The SMILES string of the molecule is OC1=Cc2ccccc2/C=C\c2cc(Br)ccc21. The van der Waals surface area contributed by atoms with E-state index < -0.39 is 0 Å². The molecule has 0 amide bonds. The van der Waals surface area contributed by atoms with E-state index in [1.165, 1.54) is 0 Å². The number of rotatable bonds is 0. The third kappa shape index (κ3) is 2.00. The van der Waals surface area contributed by atoms with Crippen molar-refractivity contribution in [3.05, 3.63) is 69.2 Å². The Balaban J connectivity index is 2.24. The van der Waals surface area contributed by atoms with Gasteiger partial charge in [0.25, 0.3) is 0 Å².